The Labute approximate surface area is 248 Å². The lowest BCUT2D eigenvalue weighted by Crippen LogP contribution is -2.57. The first-order chi connectivity index (χ1) is 19.9. The molecule has 2 unspecified atom stereocenters. The van der Waals surface area contributed by atoms with Crippen LogP contribution in [0.2, 0.25) is 5.02 Å². The number of hydrogen-bond donors (Lipinski definition) is 1. The number of nitrogens with zero attached hydrogens (tertiary/aromatic N) is 5. The Morgan fingerprint density at radius 1 is 1.12 bits per heavy atom. The van der Waals surface area contributed by atoms with E-state index in [1.807, 2.05) is 30.7 Å². The SMILES string of the molecule is COC(=O)c1ccccc1Cn1nc(C)c(NC(=O)CC23CC4CC(C2)CC(n2nc([N+](=O)[O-])c(Cl)c2C)(C4)C3)c1C. The second-order valence-corrected chi connectivity index (χ2v) is 13.0. The van der Waals surface area contributed by atoms with E-state index in [-0.39, 0.29) is 27.7 Å². The van der Waals surface area contributed by atoms with E-state index in [0.29, 0.717) is 47.4 Å². The number of halogens is 1. The van der Waals surface area contributed by atoms with Gasteiger partial charge in [-0.3, -0.25) is 9.48 Å². The molecule has 4 saturated carbocycles. The van der Waals surface area contributed by atoms with Crippen molar-refractivity contribution < 1.29 is 19.2 Å². The largest absolute Gasteiger partial charge is 0.465 e. The zero-order chi connectivity index (χ0) is 30.0. The minimum atomic E-state index is -0.519. The molecule has 11 nitrogen and oxygen atoms in total. The van der Waals surface area contributed by atoms with Gasteiger partial charge >= 0.3 is 11.8 Å². The minimum absolute atomic E-state index is 0.0611. The van der Waals surface area contributed by atoms with Crippen molar-refractivity contribution in [3.63, 3.8) is 0 Å². The van der Waals surface area contributed by atoms with Crippen LogP contribution in [-0.4, -0.2) is 43.5 Å². The van der Waals surface area contributed by atoms with Gasteiger partial charge in [0.1, 0.15) is 0 Å². The topological polar surface area (TPSA) is 134 Å². The smallest absolute Gasteiger partial charge is 0.408 e. The van der Waals surface area contributed by atoms with E-state index in [4.69, 9.17) is 16.3 Å². The third-order valence-corrected chi connectivity index (χ3v) is 10.2. The fourth-order valence-corrected chi connectivity index (χ4v) is 8.77. The summed E-state index contributed by atoms with van der Waals surface area (Å²) in [4.78, 5) is 37.0. The number of carbonyl (C=O) groups is 2. The zero-order valence-corrected chi connectivity index (χ0v) is 25.0. The van der Waals surface area contributed by atoms with Crippen LogP contribution < -0.4 is 5.32 Å². The highest BCUT2D eigenvalue weighted by molar-refractivity contribution is 6.33. The Morgan fingerprint density at radius 3 is 2.45 bits per heavy atom. The molecule has 2 heterocycles. The van der Waals surface area contributed by atoms with Crippen LogP contribution in [0.15, 0.2) is 24.3 Å². The zero-order valence-electron chi connectivity index (χ0n) is 24.3. The minimum Gasteiger partial charge on any atom is -0.465 e. The van der Waals surface area contributed by atoms with Crippen LogP contribution in [0.25, 0.3) is 0 Å². The fourth-order valence-electron chi connectivity index (χ4n) is 8.59. The Morgan fingerprint density at radius 2 is 1.81 bits per heavy atom. The summed E-state index contributed by atoms with van der Waals surface area (Å²) in [5, 5.41) is 23.9. The van der Waals surface area contributed by atoms with Crippen LogP contribution in [-0.2, 0) is 21.6 Å². The Kier molecular flexibility index (Phi) is 6.91. The number of rotatable bonds is 8. The average Bonchev–Trinajstić information content (AvgIpc) is 3.37. The second kappa shape index (κ2) is 10.2. The molecular weight excluding hydrogens is 560 g/mol. The predicted octanol–water partition coefficient (Wildman–Crippen LogP) is 5.73. The molecule has 3 aromatic rings. The van der Waals surface area contributed by atoms with Gasteiger partial charge in [0.2, 0.25) is 5.91 Å². The number of ether oxygens (including phenoxy) is 1. The number of carbonyl (C=O) groups excluding carboxylic acids is 2. The first-order valence-corrected chi connectivity index (χ1v) is 14.7. The molecule has 0 spiro atoms. The molecule has 4 aliphatic carbocycles. The van der Waals surface area contributed by atoms with E-state index >= 15 is 0 Å². The van der Waals surface area contributed by atoms with Gasteiger partial charge in [0.05, 0.1) is 52.6 Å². The number of nitro groups is 1. The lowest BCUT2D eigenvalue weighted by atomic mass is 9.46. The van der Waals surface area contributed by atoms with Gasteiger partial charge < -0.3 is 20.2 Å². The van der Waals surface area contributed by atoms with Crippen molar-refractivity contribution >= 4 is 35.0 Å². The van der Waals surface area contributed by atoms with Gasteiger partial charge in [-0.15, -0.1) is 0 Å². The molecule has 7 rings (SSSR count). The van der Waals surface area contributed by atoms with Gasteiger partial charge in [-0.2, -0.15) is 9.78 Å². The summed E-state index contributed by atoms with van der Waals surface area (Å²) in [6, 6.07) is 7.25. The number of anilines is 1. The summed E-state index contributed by atoms with van der Waals surface area (Å²) in [5.41, 5.74) is 3.50. The highest BCUT2D eigenvalue weighted by Gasteiger charge is 2.61. The van der Waals surface area contributed by atoms with Crippen molar-refractivity contribution in [1.29, 1.82) is 0 Å². The van der Waals surface area contributed by atoms with Crippen LogP contribution in [0.4, 0.5) is 11.5 Å². The maximum atomic E-state index is 13.7. The molecule has 4 bridgehead atoms. The van der Waals surface area contributed by atoms with Crippen molar-refractivity contribution in [3.05, 3.63) is 67.6 Å². The molecule has 222 valence electrons. The quantitative estimate of drug-likeness (QED) is 0.200. The maximum Gasteiger partial charge on any atom is 0.408 e. The van der Waals surface area contributed by atoms with E-state index in [1.165, 1.54) is 7.11 Å². The first kappa shape index (κ1) is 28.4. The normalized spacial score (nSPS) is 25.9. The lowest BCUT2D eigenvalue weighted by molar-refractivity contribution is -0.389. The number of aromatic nitrogens is 4. The summed E-state index contributed by atoms with van der Waals surface area (Å²) >= 11 is 6.35. The van der Waals surface area contributed by atoms with Crippen molar-refractivity contribution in [1.82, 2.24) is 19.6 Å². The Hall–Kier alpha value is -3.73. The summed E-state index contributed by atoms with van der Waals surface area (Å²) in [6.45, 7) is 5.93. The number of nitrogens with one attached hydrogen (secondary N) is 1. The second-order valence-electron chi connectivity index (χ2n) is 12.7. The van der Waals surface area contributed by atoms with E-state index in [0.717, 1.165) is 49.8 Å². The third kappa shape index (κ3) is 4.67. The van der Waals surface area contributed by atoms with Crippen LogP contribution in [0.1, 0.15) is 77.9 Å². The van der Waals surface area contributed by atoms with Crippen LogP contribution in [0.3, 0.4) is 0 Å². The molecule has 4 aliphatic rings. The van der Waals surface area contributed by atoms with Gasteiger partial charge in [-0.25, -0.2) is 4.79 Å². The summed E-state index contributed by atoms with van der Waals surface area (Å²) < 4.78 is 8.55. The first-order valence-electron chi connectivity index (χ1n) is 14.3. The lowest BCUT2D eigenvalue weighted by Gasteiger charge is -2.61. The van der Waals surface area contributed by atoms with Gasteiger partial charge in [0.15, 0.2) is 5.02 Å². The predicted molar refractivity (Wildman–Crippen MR) is 156 cm³/mol. The van der Waals surface area contributed by atoms with Gasteiger partial charge in [0.25, 0.3) is 0 Å². The average molecular weight is 595 g/mol. The molecular formula is C30H35ClN6O5. The van der Waals surface area contributed by atoms with Gasteiger partial charge in [-0.1, -0.05) is 29.8 Å². The van der Waals surface area contributed by atoms with Crippen LogP contribution >= 0.6 is 11.6 Å². The van der Waals surface area contributed by atoms with Crippen molar-refractivity contribution in [3.8, 4) is 0 Å². The molecule has 1 aromatic carbocycles. The maximum absolute atomic E-state index is 13.7. The van der Waals surface area contributed by atoms with E-state index in [9.17, 15) is 19.7 Å². The van der Waals surface area contributed by atoms with Crippen LogP contribution in [0.5, 0.6) is 0 Å². The van der Waals surface area contributed by atoms with E-state index in [1.54, 1.807) is 23.7 Å². The van der Waals surface area contributed by atoms with Crippen LogP contribution in [0, 0.1) is 48.1 Å². The number of hydrogen-bond acceptors (Lipinski definition) is 7. The highest BCUT2D eigenvalue weighted by atomic mass is 35.5. The number of aryl methyl sites for hydroxylation is 1. The summed E-state index contributed by atoms with van der Waals surface area (Å²) in [6.07, 6.45) is 5.99. The number of amides is 1. The molecule has 4 fully saturated rings. The highest BCUT2D eigenvalue weighted by Crippen LogP contribution is 2.65. The van der Waals surface area contributed by atoms with E-state index < -0.39 is 10.9 Å². The standard InChI is InChI=1S/C30H35ClN6O5/c1-17-26(19(3)35(33-17)15-22-7-5-6-8-23(22)28(39)42-4)32-24(38)14-29-10-20-9-21(11-29)13-30(12-20,16-29)36-18(2)25(31)27(34-36)37(40)41/h5-8,20-21H,9-16H2,1-4H3,(H,32,38). The number of benzene rings is 1. The molecule has 1 amide bonds. The Balaban J connectivity index is 1.23. The molecule has 2 atom stereocenters. The van der Waals surface area contributed by atoms with Gasteiger partial charge in [0, 0.05) is 6.42 Å². The summed E-state index contributed by atoms with van der Waals surface area (Å²) in [7, 11) is 1.36. The molecule has 0 aliphatic heterocycles. The molecule has 0 radical (unpaired) electrons. The molecule has 2 aromatic heterocycles. The number of methoxy groups -OCH3 is 1. The summed E-state index contributed by atoms with van der Waals surface area (Å²) in [5.74, 6) is 0.127. The fraction of sp³-hybridized carbons (Fsp3) is 0.533. The van der Waals surface area contributed by atoms with E-state index in [2.05, 4.69) is 15.5 Å². The van der Waals surface area contributed by atoms with Crippen molar-refractivity contribution in [2.45, 2.75) is 77.8 Å². The molecule has 42 heavy (non-hydrogen) atoms. The van der Waals surface area contributed by atoms with Gasteiger partial charge in [-0.05, 0) is 93.1 Å². The van der Waals surface area contributed by atoms with Crippen molar-refractivity contribution in [2.24, 2.45) is 17.3 Å². The molecule has 1 N–H and O–H groups in total. The third-order valence-electron chi connectivity index (χ3n) is 9.72. The number of esters is 1. The monoisotopic (exact) mass is 594 g/mol. The van der Waals surface area contributed by atoms with Crippen molar-refractivity contribution in [2.75, 3.05) is 12.4 Å². The molecule has 12 heteroatoms. The molecule has 0 saturated heterocycles. The Bertz CT molecular complexity index is 1600.